The Morgan fingerprint density at radius 3 is 1.85 bits per heavy atom. The van der Waals surface area contributed by atoms with Crippen molar-refractivity contribution >= 4 is 41.5 Å². The van der Waals surface area contributed by atoms with Crippen LogP contribution in [0.15, 0.2) is 151 Å². The summed E-state index contributed by atoms with van der Waals surface area (Å²) >= 11 is 0. The van der Waals surface area contributed by atoms with Crippen LogP contribution in [0.1, 0.15) is 86.8 Å². The maximum atomic E-state index is 13.0. The van der Waals surface area contributed by atoms with Gasteiger partial charge < -0.3 is 33.2 Å². The van der Waals surface area contributed by atoms with Crippen molar-refractivity contribution in [2.24, 2.45) is 11.3 Å². The van der Waals surface area contributed by atoms with Crippen molar-refractivity contribution in [1.82, 2.24) is 0 Å². The van der Waals surface area contributed by atoms with Crippen molar-refractivity contribution < 1.29 is 57.1 Å². The Hall–Kier alpha value is -7.57. The number of ether oxygens (including phenoxy) is 7. The van der Waals surface area contributed by atoms with Crippen molar-refractivity contribution in [3.63, 3.8) is 0 Å². The molecule has 1 saturated carbocycles. The van der Waals surface area contributed by atoms with Crippen LogP contribution >= 0.6 is 0 Å². The van der Waals surface area contributed by atoms with Crippen LogP contribution in [0.25, 0.3) is 22.8 Å². The predicted molar refractivity (Wildman–Crippen MR) is 272 cm³/mol. The van der Waals surface area contributed by atoms with E-state index in [4.69, 9.17) is 33.2 Å². The monoisotopic (exact) mass is 962 g/mol. The highest BCUT2D eigenvalue weighted by molar-refractivity contribution is 5.92. The van der Waals surface area contributed by atoms with Crippen LogP contribution in [0.5, 0.6) is 17.2 Å². The van der Waals surface area contributed by atoms with Crippen LogP contribution in [-0.2, 0) is 38.1 Å². The molecule has 0 bridgehead atoms. The molecule has 1 atom stereocenters. The SMILES string of the molecule is C=C(C)C(=O)OCCCOC1CC=C(c2ccc(-c3ccc(/C=C/C(=O)Oc4ccc(OC(=O)c5ccc(OCCC(C)(COC(=O)C(=C)C)COC(=O)C(=C)C)cc5)cc4C)cc3)cc2)C=C1C1CC1. The Bertz CT molecular complexity index is 2690. The third-order valence-electron chi connectivity index (χ3n) is 11.8. The number of rotatable bonds is 24. The van der Waals surface area contributed by atoms with E-state index in [0.29, 0.717) is 54.6 Å². The number of esters is 5. The molecule has 2 aliphatic carbocycles. The molecule has 0 radical (unpaired) electrons. The molecule has 0 aliphatic heterocycles. The number of carbonyl (C=O) groups is 5. The number of hydrogen-bond donors (Lipinski definition) is 0. The molecule has 4 aromatic rings. The highest BCUT2D eigenvalue weighted by Gasteiger charge is 2.33. The minimum atomic E-state index is -0.752. The van der Waals surface area contributed by atoms with Gasteiger partial charge in [-0.3, -0.25) is 0 Å². The predicted octanol–water partition coefficient (Wildman–Crippen LogP) is 11.5. The first-order valence-electron chi connectivity index (χ1n) is 23.6. The maximum absolute atomic E-state index is 13.0. The van der Waals surface area contributed by atoms with E-state index in [2.05, 4.69) is 56.2 Å². The van der Waals surface area contributed by atoms with Gasteiger partial charge in [-0.2, -0.15) is 0 Å². The van der Waals surface area contributed by atoms with Gasteiger partial charge in [-0.25, -0.2) is 24.0 Å². The summed E-state index contributed by atoms with van der Waals surface area (Å²) in [5.74, 6) is -0.970. The fraction of sp³-hybridized carbons (Fsp3) is 0.305. The van der Waals surface area contributed by atoms with E-state index in [1.807, 2.05) is 31.2 Å². The van der Waals surface area contributed by atoms with E-state index in [-0.39, 0.29) is 54.4 Å². The van der Waals surface area contributed by atoms with Crippen LogP contribution in [0.3, 0.4) is 0 Å². The minimum absolute atomic E-state index is 0.0225. The van der Waals surface area contributed by atoms with Gasteiger partial charge in [-0.15, -0.1) is 0 Å². The van der Waals surface area contributed by atoms with Gasteiger partial charge >= 0.3 is 29.8 Å². The molecular formula is C59H62O12. The van der Waals surface area contributed by atoms with Gasteiger partial charge in [-0.05, 0) is 147 Å². The van der Waals surface area contributed by atoms with E-state index in [1.54, 1.807) is 76.2 Å². The summed E-state index contributed by atoms with van der Waals surface area (Å²) in [7, 11) is 0. The first-order valence-corrected chi connectivity index (χ1v) is 23.6. The van der Waals surface area contributed by atoms with Crippen LogP contribution < -0.4 is 14.2 Å². The molecule has 2 aliphatic rings. The number of aryl methyl sites for hydroxylation is 1. The number of benzene rings is 4. The van der Waals surface area contributed by atoms with Crippen molar-refractivity contribution in [3.05, 3.63) is 174 Å². The average molecular weight is 963 g/mol. The van der Waals surface area contributed by atoms with Crippen molar-refractivity contribution in [1.29, 1.82) is 0 Å². The van der Waals surface area contributed by atoms with E-state index < -0.39 is 29.3 Å². The normalized spacial score (nSPS) is 14.4. The zero-order chi connectivity index (χ0) is 51.1. The fourth-order valence-corrected chi connectivity index (χ4v) is 7.37. The Morgan fingerprint density at radius 1 is 0.676 bits per heavy atom. The van der Waals surface area contributed by atoms with E-state index in [0.717, 1.165) is 28.7 Å². The Morgan fingerprint density at radius 2 is 1.25 bits per heavy atom. The maximum Gasteiger partial charge on any atom is 0.343 e. The van der Waals surface area contributed by atoms with E-state index in [1.165, 1.54) is 30.1 Å². The molecular weight excluding hydrogens is 901 g/mol. The Labute approximate surface area is 416 Å². The molecule has 0 heterocycles. The molecule has 0 amide bonds. The van der Waals surface area contributed by atoms with Crippen molar-refractivity contribution in [2.75, 3.05) is 33.0 Å². The van der Waals surface area contributed by atoms with Gasteiger partial charge in [0.1, 0.15) is 30.5 Å². The molecule has 0 saturated heterocycles. The lowest BCUT2D eigenvalue weighted by Crippen LogP contribution is -2.33. The second kappa shape index (κ2) is 24.8. The summed E-state index contributed by atoms with van der Waals surface area (Å²) < 4.78 is 39.3. The van der Waals surface area contributed by atoms with Crippen molar-refractivity contribution in [3.8, 4) is 28.4 Å². The summed E-state index contributed by atoms with van der Waals surface area (Å²) in [6.45, 7) is 20.1. The van der Waals surface area contributed by atoms with E-state index in [9.17, 15) is 24.0 Å². The smallest absolute Gasteiger partial charge is 0.343 e. The molecule has 12 heteroatoms. The molecule has 0 spiro atoms. The summed E-state index contributed by atoms with van der Waals surface area (Å²) in [6.07, 6.45) is 11.8. The van der Waals surface area contributed by atoms with Gasteiger partial charge in [0.25, 0.3) is 0 Å². The lowest BCUT2D eigenvalue weighted by molar-refractivity contribution is -0.149. The molecule has 4 aromatic carbocycles. The fourth-order valence-electron chi connectivity index (χ4n) is 7.37. The van der Waals surface area contributed by atoms with Gasteiger partial charge in [0.15, 0.2) is 0 Å². The molecule has 1 fully saturated rings. The second-order valence-electron chi connectivity index (χ2n) is 18.4. The quantitative estimate of drug-likeness (QED) is 0.0216. The molecule has 6 rings (SSSR count). The van der Waals surface area contributed by atoms with E-state index >= 15 is 0 Å². The van der Waals surface area contributed by atoms with Gasteiger partial charge in [0.05, 0.1) is 31.5 Å². The molecule has 0 aromatic heterocycles. The lowest BCUT2D eigenvalue weighted by atomic mass is 9.89. The van der Waals surface area contributed by atoms with Gasteiger partial charge in [-0.1, -0.05) is 87.3 Å². The molecule has 370 valence electrons. The number of allylic oxidation sites excluding steroid dienone is 2. The Balaban J connectivity index is 0.946. The topological polar surface area (TPSA) is 150 Å². The van der Waals surface area contributed by atoms with Crippen LogP contribution in [0.4, 0.5) is 0 Å². The number of carbonyl (C=O) groups excluding carboxylic acids is 5. The van der Waals surface area contributed by atoms with Gasteiger partial charge in [0, 0.05) is 34.6 Å². The third kappa shape index (κ3) is 16.0. The summed E-state index contributed by atoms with van der Waals surface area (Å²) in [5.41, 5.74) is 7.67. The second-order valence-corrected chi connectivity index (χ2v) is 18.4. The largest absolute Gasteiger partial charge is 0.494 e. The summed E-state index contributed by atoms with van der Waals surface area (Å²) in [6, 6.07) is 27.6. The summed E-state index contributed by atoms with van der Waals surface area (Å²) in [4.78, 5) is 61.6. The standard InChI is InChI=1S/C59H62O12/c1-38(2)55(61)67-32-9-31-66-53-27-23-48(35-51(53)46-19-20-46)45-17-15-44(16-18-45)43-13-10-42(11-14-43)12-29-54(60)71-52-28-26-50(34-41(52)7)70-58(64)47-21-24-49(25-22-47)65-33-30-59(8,36-68-56(62)39(3)4)37-69-57(63)40(5)6/h10-18,21-26,28-29,34-35,46,53H,1,3,5,9,19-20,27,30-33,36-37H2,2,4,6-8H3/b29-12+. The van der Waals surface area contributed by atoms with Crippen LogP contribution in [-0.4, -0.2) is 69.0 Å². The molecule has 0 N–H and O–H groups in total. The van der Waals surface area contributed by atoms with Crippen molar-refractivity contribution in [2.45, 2.75) is 72.8 Å². The third-order valence-corrected chi connectivity index (χ3v) is 11.8. The zero-order valence-electron chi connectivity index (χ0n) is 41.2. The molecule has 12 nitrogen and oxygen atoms in total. The Kier molecular flexibility index (Phi) is 18.5. The average Bonchev–Trinajstić information content (AvgIpc) is 4.21. The molecule has 71 heavy (non-hydrogen) atoms. The first kappa shape index (κ1) is 52.8. The first-order chi connectivity index (χ1) is 34.0. The molecule has 1 unspecified atom stereocenters. The van der Waals surface area contributed by atoms with Gasteiger partial charge in [0.2, 0.25) is 0 Å². The highest BCUT2D eigenvalue weighted by atomic mass is 16.6. The highest BCUT2D eigenvalue weighted by Crippen LogP contribution is 2.43. The zero-order valence-corrected chi connectivity index (χ0v) is 41.2. The summed E-state index contributed by atoms with van der Waals surface area (Å²) in [5, 5.41) is 0. The van der Waals surface area contributed by atoms with Crippen LogP contribution in [0, 0.1) is 18.3 Å². The lowest BCUT2D eigenvalue weighted by Gasteiger charge is -2.28. The minimum Gasteiger partial charge on any atom is -0.494 e. The number of hydrogen-bond acceptors (Lipinski definition) is 12. The van der Waals surface area contributed by atoms with Crippen LogP contribution in [0.2, 0.25) is 0 Å².